The van der Waals surface area contributed by atoms with Gasteiger partial charge in [-0.05, 0) is 35.2 Å². The number of likely N-dealkylation sites (tertiary alicyclic amines) is 1. The number of carbonyl (C=O) groups is 1. The smallest absolute Gasteiger partial charge is 0.236 e. The second-order valence-corrected chi connectivity index (χ2v) is 5.37. The molecule has 0 bridgehead atoms. The first kappa shape index (κ1) is 13.1. The molecule has 1 saturated heterocycles. The summed E-state index contributed by atoms with van der Waals surface area (Å²) >= 11 is 0. The van der Waals surface area contributed by atoms with Crippen LogP contribution in [-0.4, -0.2) is 30.4 Å². The molecule has 0 atom stereocenters. The third kappa shape index (κ3) is 2.99. The van der Waals surface area contributed by atoms with Crippen molar-refractivity contribution in [1.29, 1.82) is 0 Å². The largest absolute Gasteiger partial charge is 0.342 e. The lowest BCUT2D eigenvalue weighted by molar-refractivity contribution is -0.129. The minimum atomic E-state index is 0.225. The van der Waals surface area contributed by atoms with Crippen LogP contribution in [0.1, 0.15) is 18.4 Å². The van der Waals surface area contributed by atoms with Crippen LogP contribution >= 0.6 is 0 Å². The fourth-order valence-electron chi connectivity index (χ4n) is 2.74. The molecule has 0 aliphatic carbocycles. The Balaban J connectivity index is 1.55. The summed E-state index contributed by atoms with van der Waals surface area (Å²) in [6.07, 6.45) is 2.30. The highest BCUT2D eigenvalue weighted by atomic mass is 16.2. The number of amides is 1. The zero-order valence-electron chi connectivity index (χ0n) is 11.6. The van der Waals surface area contributed by atoms with E-state index in [1.807, 2.05) is 4.90 Å². The number of rotatable bonds is 4. The number of fused-ring (bicyclic) bond motifs is 1. The van der Waals surface area contributed by atoms with Gasteiger partial charge in [-0.25, -0.2) is 0 Å². The van der Waals surface area contributed by atoms with Gasteiger partial charge in [0.05, 0.1) is 6.54 Å². The van der Waals surface area contributed by atoms with Gasteiger partial charge < -0.3 is 10.2 Å². The lowest BCUT2D eigenvalue weighted by Gasteiger charge is -2.15. The van der Waals surface area contributed by atoms with Crippen molar-refractivity contribution < 1.29 is 4.79 Å². The Bertz CT molecular complexity index is 603. The summed E-state index contributed by atoms with van der Waals surface area (Å²) < 4.78 is 0. The number of benzene rings is 2. The van der Waals surface area contributed by atoms with E-state index < -0.39 is 0 Å². The van der Waals surface area contributed by atoms with Crippen LogP contribution in [0.2, 0.25) is 0 Å². The van der Waals surface area contributed by atoms with Crippen molar-refractivity contribution in [3.63, 3.8) is 0 Å². The highest BCUT2D eigenvalue weighted by Crippen LogP contribution is 2.15. The Morgan fingerprint density at radius 3 is 2.60 bits per heavy atom. The molecule has 1 heterocycles. The van der Waals surface area contributed by atoms with E-state index in [4.69, 9.17) is 0 Å². The maximum atomic E-state index is 11.9. The van der Waals surface area contributed by atoms with E-state index in [0.717, 1.165) is 32.5 Å². The molecule has 1 aliphatic heterocycles. The molecule has 1 fully saturated rings. The van der Waals surface area contributed by atoms with Gasteiger partial charge in [-0.2, -0.15) is 0 Å². The number of nitrogens with one attached hydrogen (secondary N) is 1. The van der Waals surface area contributed by atoms with Gasteiger partial charge in [-0.1, -0.05) is 36.4 Å². The van der Waals surface area contributed by atoms with E-state index in [-0.39, 0.29) is 5.91 Å². The van der Waals surface area contributed by atoms with Crippen LogP contribution in [0.15, 0.2) is 42.5 Å². The predicted molar refractivity (Wildman–Crippen MR) is 81.5 cm³/mol. The monoisotopic (exact) mass is 268 g/mol. The third-order valence-electron chi connectivity index (χ3n) is 3.88. The summed E-state index contributed by atoms with van der Waals surface area (Å²) in [7, 11) is 0. The number of hydrogen-bond acceptors (Lipinski definition) is 2. The molecule has 3 rings (SSSR count). The molecule has 20 heavy (non-hydrogen) atoms. The normalized spacial score (nSPS) is 14.9. The average Bonchev–Trinajstić information content (AvgIpc) is 3.01. The summed E-state index contributed by atoms with van der Waals surface area (Å²) in [6, 6.07) is 14.8. The second kappa shape index (κ2) is 6.06. The fourth-order valence-corrected chi connectivity index (χ4v) is 2.74. The Kier molecular flexibility index (Phi) is 3.97. The van der Waals surface area contributed by atoms with Crippen LogP contribution in [0.4, 0.5) is 0 Å². The average molecular weight is 268 g/mol. The van der Waals surface area contributed by atoms with Crippen LogP contribution in [0, 0.1) is 0 Å². The molecule has 0 spiro atoms. The van der Waals surface area contributed by atoms with E-state index in [0.29, 0.717) is 6.54 Å². The Morgan fingerprint density at radius 2 is 1.80 bits per heavy atom. The first-order valence-corrected chi connectivity index (χ1v) is 7.29. The maximum absolute atomic E-state index is 11.9. The zero-order valence-corrected chi connectivity index (χ0v) is 11.6. The maximum Gasteiger partial charge on any atom is 0.236 e. The highest BCUT2D eigenvalue weighted by Gasteiger charge is 2.16. The van der Waals surface area contributed by atoms with E-state index in [2.05, 4.69) is 47.8 Å². The van der Waals surface area contributed by atoms with Gasteiger partial charge in [-0.3, -0.25) is 4.79 Å². The first-order chi connectivity index (χ1) is 9.83. The quantitative estimate of drug-likeness (QED) is 0.924. The topological polar surface area (TPSA) is 32.3 Å². The molecule has 3 nitrogen and oxygen atoms in total. The summed E-state index contributed by atoms with van der Waals surface area (Å²) in [6.45, 7) is 3.03. The number of hydrogen-bond donors (Lipinski definition) is 1. The van der Waals surface area contributed by atoms with Crippen molar-refractivity contribution in [2.24, 2.45) is 0 Å². The van der Waals surface area contributed by atoms with Crippen molar-refractivity contribution in [3.05, 3.63) is 48.0 Å². The van der Waals surface area contributed by atoms with Crippen LogP contribution in [-0.2, 0) is 11.3 Å². The van der Waals surface area contributed by atoms with Crippen LogP contribution in [0.3, 0.4) is 0 Å². The van der Waals surface area contributed by atoms with Gasteiger partial charge >= 0.3 is 0 Å². The predicted octanol–water partition coefficient (Wildman–Crippen LogP) is 2.55. The summed E-state index contributed by atoms with van der Waals surface area (Å²) in [5, 5.41) is 5.75. The second-order valence-electron chi connectivity index (χ2n) is 5.37. The minimum Gasteiger partial charge on any atom is -0.342 e. The highest BCUT2D eigenvalue weighted by molar-refractivity contribution is 5.83. The summed E-state index contributed by atoms with van der Waals surface area (Å²) in [5.41, 5.74) is 1.22. The van der Waals surface area contributed by atoms with Crippen LogP contribution in [0.5, 0.6) is 0 Å². The van der Waals surface area contributed by atoms with Gasteiger partial charge in [0, 0.05) is 19.6 Å². The van der Waals surface area contributed by atoms with Crippen molar-refractivity contribution in [2.45, 2.75) is 19.4 Å². The van der Waals surface area contributed by atoms with Crippen LogP contribution < -0.4 is 5.32 Å². The van der Waals surface area contributed by atoms with Crippen molar-refractivity contribution in [1.82, 2.24) is 10.2 Å². The van der Waals surface area contributed by atoms with E-state index in [1.165, 1.54) is 16.3 Å². The molecule has 2 aromatic rings. The molecule has 0 unspecified atom stereocenters. The zero-order chi connectivity index (χ0) is 13.8. The fraction of sp³-hybridized carbons (Fsp3) is 0.353. The van der Waals surface area contributed by atoms with Gasteiger partial charge in [-0.15, -0.1) is 0 Å². The molecule has 3 heteroatoms. The summed E-state index contributed by atoms with van der Waals surface area (Å²) in [5.74, 6) is 0.225. The van der Waals surface area contributed by atoms with Crippen molar-refractivity contribution in [2.75, 3.05) is 19.6 Å². The third-order valence-corrected chi connectivity index (χ3v) is 3.88. The summed E-state index contributed by atoms with van der Waals surface area (Å²) in [4.78, 5) is 13.9. The standard InChI is InChI=1S/C17H20N2O/c20-17(19-9-3-4-10-19)13-18-12-14-7-8-15-5-1-2-6-16(15)11-14/h1-2,5-8,11,18H,3-4,9-10,12-13H2. The number of nitrogens with zero attached hydrogens (tertiary/aromatic N) is 1. The van der Waals surface area contributed by atoms with E-state index >= 15 is 0 Å². The molecular formula is C17H20N2O. The van der Waals surface area contributed by atoms with Crippen LogP contribution in [0.25, 0.3) is 10.8 Å². The SMILES string of the molecule is O=C(CNCc1ccc2ccccc2c1)N1CCCC1. The van der Waals surface area contributed by atoms with Gasteiger partial charge in [0.1, 0.15) is 0 Å². The Morgan fingerprint density at radius 1 is 1.05 bits per heavy atom. The van der Waals surface area contributed by atoms with Crippen molar-refractivity contribution in [3.8, 4) is 0 Å². The number of carbonyl (C=O) groups excluding carboxylic acids is 1. The molecule has 1 N–H and O–H groups in total. The van der Waals surface area contributed by atoms with Gasteiger partial charge in [0.2, 0.25) is 5.91 Å². The van der Waals surface area contributed by atoms with E-state index in [9.17, 15) is 4.79 Å². The Labute approximate surface area is 119 Å². The van der Waals surface area contributed by atoms with Crippen molar-refractivity contribution >= 4 is 16.7 Å². The van der Waals surface area contributed by atoms with Gasteiger partial charge in [0.15, 0.2) is 0 Å². The molecule has 104 valence electrons. The minimum absolute atomic E-state index is 0.225. The molecule has 1 aliphatic rings. The lowest BCUT2D eigenvalue weighted by atomic mass is 10.1. The molecule has 2 aromatic carbocycles. The van der Waals surface area contributed by atoms with Gasteiger partial charge in [0.25, 0.3) is 0 Å². The first-order valence-electron chi connectivity index (χ1n) is 7.29. The molecular weight excluding hydrogens is 248 g/mol. The van der Waals surface area contributed by atoms with E-state index in [1.54, 1.807) is 0 Å². The Hall–Kier alpha value is -1.87. The molecule has 0 aromatic heterocycles. The molecule has 0 radical (unpaired) electrons. The molecule has 0 saturated carbocycles. The molecule has 1 amide bonds. The lowest BCUT2D eigenvalue weighted by Crippen LogP contribution is -2.35.